The number of rotatable bonds is 5. The fraction of sp³-hybridized carbons (Fsp3) is 0.588. The second-order valence-corrected chi connectivity index (χ2v) is 6.92. The Morgan fingerprint density at radius 1 is 1.23 bits per heavy atom. The lowest BCUT2D eigenvalue weighted by molar-refractivity contribution is -0.118. The SMILES string of the molecule is CSCC(=O)NCC1(c2ccc3c(c2)OCCO3)CCCC1. The summed E-state index contributed by atoms with van der Waals surface area (Å²) in [4.78, 5) is 11.8. The Hall–Kier alpha value is -1.36. The third kappa shape index (κ3) is 3.19. The summed E-state index contributed by atoms with van der Waals surface area (Å²) in [6.07, 6.45) is 6.61. The molecule has 0 radical (unpaired) electrons. The van der Waals surface area contributed by atoms with Crippen molar-refractivity contribution in [2.24, 2.45) is 0 Å². The predicted octanol–water partition coefficient (Wildman–Crippen LogP) is 2.75. The van der Waals surface area contributed by atoms with Crippen LogP contribution >= 0.6 is 11.8 Å². The average Bonchev–Trinajstić information content (AvgIpc) is 3.03. The van der Waals surface area contributed by atoms with E-state index in [2.05, 4.69) is 17.4 Å². The number of carbonyl (C=O) groups excluding carboxylic acids is 1. The van der Waals surface area contributed by atoms with Gasteiger partial charge in [0, 0.05) is 12.0 Å². The zero-order valence-electron chi connectivity index (χ0n) is 13.0. The van der Waals surface area contributed by atoms with E-state index >= 15 is 0 Å². The molecule has 0 bridgehead atoms. The fourth-order valence-corrected chi connectivity index (χ4v) is 3.81. The molecule has 1 amide bonds. The molecule has 1 aromatic carbocycles. The maximum Gasteiger partial charge on any atom is 0.230 e. The van der Waals surface area contributed by atoms with Crippen molar-refractivity contribution in [3.05, 3.63) is 23.8 Å². The van der Waals surface area contributed by atoms with Gasteiger partial charge in [0.1, 0.15) is 13.2 Å². The van der Waals surface area contributed by atoms with E-state index in [9.17, 15) is 4.79 Å². The molecule has 0 spiro atoms. The molecule has 0 saturated heterocycles. The highest BCUT2D eigenvalue weighted by Crippen LogP contribution is 2.43. The largest absolute Gasteiger partial charge is 0.486 e. The van der Waals surface area contributed by atoms with Crippen LogP contribution in [0.25, 0.3) is 0 Å². The van der Waals surface area contributed by atoms with Crippen LogP contribution in [-0.4, -0.2) is 37.7 Å². The molecule has 5 heteroatoms. The minimum Gasteiger partial charge on any atom is -0.486 e. The molecule has 3 rings (SSSR count). The second kappa shape index (κ2) is 6.82. The minimum absolute atomic E-state index is 0.0455. The van der Waals surface area contributed by atoms with E-state index in [0.29, 0.717) is 25.5 Å². The van der Waals surface area contributed by atoms with Gasteiger partial charge in [-0.1, -0.05) is 18.9 Å². The van der Waals surface area contributed by atoms with Crippen molar-refractivity contribution in [3.8, 4) is 11.5 Å². The lowest BCUT2D eigenvalue weighted by atomic mass is 9.78. The van der Waals surface area contributed by atoms with Gasteiger partial charge in [-0.05, 0) is 36.8 Å². The Balaban J connectivity index is 1.79. The summed E-state index contributed by atoms with van der Waals surface area (Å²) in [7, 11) is 0. The van der Waals surface area contributed by atoms with Crippen LogP contribution < -0.4 is 14.8 Å². The topological polar surface area (TPSA) is 47.6 Å². The van der Waals surface area contributed by atoms with Crippen molar-refractivity contribution in [3.63, 3.8) is 0 Å². The maximum atomic E-state index is 11.8. The standard InChI is InChI=1S/C17H23NO3S/c1-22-11-16(19)18-12-17(6-2-3-7-17)13-4-5-14-15(10-13)21-9-8-20-14/h4-5,10H,2-3,6-9,11-12H2,1H3,(H,18,19). The van der Waals surface area contributed by atoms with Gasteiger partial charge in [0.25, 0.3) is 0 Å². The van der Waals surface area contributed by atoms with E-state index in [0.717, 1.165) is 24.3 Å². The number of ether oxygens (including phenoxy) is 2. The van der Waals surface area contributed by atoms with Crippen molar-refractivity contribution in [2.45, 2.75) is 31.1 Å². The Kier molecular flexibility index (Phi) is 4.81. The van der Waals surface area contributed by atoms with Gasteiger partial charge in [-0.3, -0.25) is 4.79 Å². The van der Waals surface area contributed by atoms with E-state index in [1.807, 2.05) is 12.3 Å². The Morgan fingerprint density at radius 3 is 2.68 bits per heavy atom. The number of hydrogen-bond donors (Lipinski definition) is 1. The first-order valence-electron chi connectivity index (χ1n) is 7.89. The van der Waals surface area contributed by atoms with Crippen molar-refractivity contribution in [2.75, 3.05) is 31.8 Å². The summed E-state index contributed by atoms with van der Waals surface area (Å²) >= 11 is 1.56. The third-order valence-corrected chi connectivity index (χ3v) is 5.17. The number of nitrogens with one attached hydrogen (secondary N) is 1. The van der Waals surface area contributed by atoms with E-state index in [4.69, 9.17) is 9.47 Å². The summed E-state index contributed by atoms with van der Waals surface area (Å²) < 4.78 is 11.3. The first-order valence-corrected chi connectivity index (χ1v) is 9.29. The molecule has 0 atom stereocenters. The van der Waals surface area contributed by atoms with E-state index in [1.54, 1.807) is 11.8 Å². The van der Waals surface area contributed by atoms with E-state index < -0.39 is 0 Å². The summed E-state index contributed by atoms with van der Waals surface area (Å²) in [5, 5.41) is 3.11. The first-order chi connectivity index (χ1) is 10.7. The van der Waals surface area contributed by atoms with Crippen LogP contribution in [0.1, 0.15) is 31.2 Å². The Bertz CT molecular complexity index is 541. The van der Waals surface area contributed by atoms with Gasteiger partial charge in [-0.15, -0.1) is 0 Å². The van der Waals surface area contributed by atoms with Gasteiger partial charge in [0.2, 0.25) is 5.91 Å². The van der Waals surface area contributed by atoms with Crippen molar-refractivity contribution in [1.29, 1.82) is 0 Å². The van der Waals surface area contributed by atoms with Crippen LogP contribution in [0.2, 0.25) is 0 Å². The molecule has 1 heterocycles. The Labute approximate surface area is 135 Å². The third-order valence-electron chi connectivity index (χ3n) is 4.61. The molecule has 0 unspecified atom stereocenters. The molecule has 1 saturated carbocycles. The van der Waals surface area contributed by atoms with Crippen molar-refractivity contribution >= 4 is 17.7 Å². The maximum absolute atomic E-state index is 11.8. The van der Waals surface area contributed by atoms with Gasteiger partial charge < -0.3 is 14.8 Å². The summed E-state index contributed by atoms with van der Waals surface area (Å²) in [6, 6.07) is 6.26. The minimum atomic E-state index is 0.0455. The number of fused-ring (bicyclic) bond motifs is 1. The van der Waals surface area contributed by atoms with Crippen LogP contribution in [0.15, 0.2) is 18.2 Å². The van der Waals surface area contributed by atoms with Crippen LogP contribution in [0, 0.1) is 0 Å². The lowest BCUT2D eigenvalue weighted by Crippen LogP contribution is -2.39. The molecule has 0 aromatic heterocycles. The van der Waals surface area contributed by atoms with Crippen LogP contribution in [-0.2, 0) is 10.2 Å². The molecule has 4 nitrogen and oxygen atoms in total. The molecular weight excluding hydrogens is 298 g/mol. The Morgan fingerprint density at radius 2 is 1.95 bits per heavy atom. The number of carbonyl (C=O) groups is 1. The zero-order chi connectivity index (χ0) is 15.4. The number of benzene rings is 1. The molecule has 1 aliphatic heterocycles. The molecule has 120 valence electrons. The summed E-state index contributed by atoms with van der Waals surface area (Å²) in [5.74, 6) is 2.31. The highest BCUT2D eigenvalue weighted by molar-refractivity contribution is 7.99. The fourth-order valence-electron chi connectivity index (χ4n) is 3.44. The van der Waals surface area contributed by atoms with Crippen LogP contribution in [0.4, 0.5) is 0 Å². The zero-order valence-corrected chi connectivity index (χ0v) is 13.8. The first kappa shape index (κ1) is 15.5. The summed E-state index contributed by atoms with van der Waals surface area (Å²) in [5.41, 5.74) is 1.31. The molecule has 1 N–H and O–H groups in total. The van der Waals surface area contributed by atoms with Crippen LogP contribution in [0.3, 0.4) is 0 Å². The number of amides is 1. The van der Waals surface area contributed by atoms with Crippen molar-refractivity contribution < 1.29 is 14.3 Å². The quantitative estimate of drug-likeness (QED) is 0.906. The second-order valence-electron chi connectivity index (χ2n) is 6.06. The highest BCUT2D eigenvalue weighted by atomic mass is 32.2. The highest BCUT2D eigenvalue weighted by Gasteiger charge is 2.36. The molecule has 1 aliphatic carbocycles. The van der Waals surface area contributed by atoms with Crippen molar-refractivity contribution in [1.82, 2.24) is 5.32 Å². The van der Waals surface area contributed by atoms with Gasteiger partial charge in [0.05, 0.1) is 5.75 Å². The molecule has 1 fully saturated rings. The van der Waals surface area contributed by atoms with Gasteiger partial charge >= 0.3 is 0 Å². The number of hydrogen-bond acceptors (Lipinski definition) is 4. The monoisotopic (exact) mass is 321 g/mol. The van der Waals surface area contributed by atoms with E-state index in [1.165, 1.54) is 18.4 Å². The van der Waals surface area contributed by atoms with Gasteiger partial charge in [-0.25, -0.2) is 0 Å². The predicted molar refractivity (Wildman–Crippen MR) is 89.0 cm³/mol. The lowest BCUT2D eigenvalue weighted by Gasteiger charge is -2.31. The van der Waals surface area contributed by atoms with Gasteiger partial charge in [-0.2, -0.15) is 11.8 Å². The molecule has 22 heavy (non-hydrogen) atoms. The van der Waals surface area contributed by atoms with E-state index in [-0.39, 0.29) is 11.3 Å². The van der Waals surface area contributed by atoms with Gasteiger partial charge in [0.15, 0.2) is 11.5 Å². The summed E-state index contributed by atoms with van der Waals surface area (Å²) in [6.45, 7) is 1.93. The normalized spacial score (nSPS) is 19.0. The van der Waals surface area contributed by atoms with Crippen LogP contribution in [0.5, 0.6) is 11.5 Å². The average molecular weight is 321 g/mol. The molecular formula is C17H23NO3S. The molecule has 1 aromatic rings. The number of thioether (sulfide) groups is 1. The molecule has 2 aliphatic rings. The smallest absolute Gasteiger partial charge is 0.230 e.